The summed E-state index contributed by atoms with van der Waals surface area (Å²) in [6.45, 7) is 2.35. The molecule has 0 fully saturated rings. The Labute approximate surface area is 108 Å². The number of aryl methyl sites for hydroxylation is 1. The number of hydrogen-bond acceptors (Lipinski definition) is 5. The molecule has 0 amide bonds. The van der Waals surface area contributed by atoms with Crippen LogP contribution in [0.1, 0.15) is 11.4 Å². The molecule has 90 valence electrons. The molecule has 0 saturated heterocycles. The lowest BCUT2D eigenvalue weighted by atomic mass is 10.2. The van der Waals surface area contributed by atoms with Gasteiger partial charge in [0.15, 0.2) is 4.34 Å². The van der Waals surface area contributed by atoms with Crippen molar-refractivity contribution in [1.82, 2.24) is 14.7 Å². The molecule has 2 rings (SSSR count). The normalized spacial score (nSPS) is 10.8. The molecule has 0 spiro atoms. The minimum atomic E-state index is -0.189. The third kappa shape index (κ3) is 3.02. The Bertz CT molecular complexity index is 513. The van der Waals surface area contributed by atoms with E-state index in [9.17, 15) is 4.39 Å². The highest BCUT2D eigenvalue weighted by Gasteiger charge is 2.11. The third-order valence-electron chi connectivity index (χ3n) is 2.14. The monoisotopic (exact) mass is 269 g/mol. The quantitative estimate of drug-likeness (QED) is 0.926. The van der Waals surface area contributed by atoms with Crippen LogP contribution in [0.3, 0.4) is 0 Å². The smallest absolute Gasteiger partial charge is 0.174 e. The van der Waals surface area contributed by atoms with E-state index < -0.39 is 0 Å². The Balaban J connectivity index is 2.28. The Morgan fingerprint density at radius 2 is 2.29 bits per heavy atom. The second-order valence-corrected chi connectivity index (χ2v) is 5.50. The van der Waals surface area contributed by atoms with Crippen molar-refractivity contribution in [2.75, 3.05) is 7.05 Å². The van der Waals surface area contributed by atoms with E-state index in [4.69, 9.17) is 0 Å². The van der Waals surface area contributed by atoms with E-state index in [0.29, 0.717) is 12.1 Å². The molecule has 1 N–H and O–H groups in total. The van der Waals surface area contributed by atoms with Crippen molar-refractivity contribution < 1.29 is 4.39 Å². The van der Waals surface area contributed by atoms with Crippen molar-refractivity contribution in [3.63, 3.8) is 0 Å². The van der Waals surface area contributed by atoms with Crippen LogP contribution < -0.4 is 5.32 Å². The van der Waals surface area contributed by atoms with E-state index in [1.165, 1.54) is 29.4 Å². The molecule has 0 aliphatic rings. The molecule has 0 aliphatic heterocycles. The number of nitrogens with zero attached hydrogens (tertiary/aromatic N) is 2. The fourth-order valence-electron chi connectivity index (χ4n) is 1.40. The van der Waals surface area contributed by atoms with Gasteiger partial charge in [-0.05, 0) is 37.6 Å². The molecular weight excluding hydrogens is 257 g/mol. The minimum absolute atomic E-state index is 0.189. The summed E-state index contributed by atoms with van der Waals surface area (Å²) >= 11 is 2.79. The van der Waals surface area contributed by atoms with E-state index in [-0.39, 0.29) is 5.82 Å². The van der Waals surface area contributed by atoms with Crippen molar-refractivity contribution in [3.8, 4) is 0 Å². The molecular formula is C11H12FN3S2. The Kier molecular flexibility index (Phi) is 4.09. The summed E-state index contributed by atoms with van der Waals surface area (Å²) in [6, 6.07) is 5.09. The zero-order valence-electron chi connectivity index (χ0n) is 9.53. The molecule has 0 unspecified atom stereocenters. The second-order valence-electron chi connectivity index (χ2n) is 3.46. The van der Waals surface area contributed by atoms with Gasteiger partial charge in [-0.1, -0.05) is 17.8 Å². The Morgan fingerprint density at radius 3 is 2.94 bits per heavy atom. The van der Waals surface area contributed by atoms with Crippen LogP contribution in [0.2, 0.25) is 0 Å². The number of rotatable bonds is 4. The lowest BCUT2D eigenvalue weighted by Gasteiger charge is -2.07. The van der Waals surface area contributed by atoms with Gasteiger partial charge in [-0.2, -0.15) is 4.37 Å². The molecule has 0 aliphatic carbocycles. The number of hydrogen-bond donors (Lipinski definition) is 1. The fourth-order valence-corrected chi connectivity index (χ4v) is 3.16. The number of nitrogens with one attached hydrogen (secondary N) is 1. The lowest BCUT2D eigenvalue weighted by molar-refractivity contribution is 0.594. The topological polar surface area (TPSA) is 37.8 Å². The average Bonchev–Trinajstić information content (AvgIpc) is 2.69. The van der Waals surface area contributed by atoms with Crippen LogP contribution >= 0.6 is 23.3 Å². The summed E-state index contributed by atoms with van der Waals surface area (Å²) in [5.41, 5.74) is 0.674. The van der Waals surface area contributed by atoms with E-state index in [2.05, 4.69) is 14.7 Å². The Hall–Kier alpha value is -0.980. The molecule has 0 atom stereocenters. The van der Waals surface area contributed by atoms with Crippen LogP contribution in [0.5, 0.6) is 0 Å². The maximum atomic E-state index is 13.7. The van der Waals surface area contributed by atoms with Gasteiger partial charge in [0.05, 0.1) is 0 Å². The zero-order chi connectivity index (χ0) is 12.3. The van der Waals surface area contributed by atoms with Crippen LogP contribution in [0.25, 0.3) is 0 Å². The molecule has 6 heteroatoms. The standard InChI is InChI=1S/C11H12FN3S2/c1-7-14-11(17-15-7)16-10-5-3-4-9(12)8(10)6-13-2/h3-5,13H,6H2,1-2H3. The summed E-state index contributed by atoms with van der Waals surface area (Å²) in [4.78, 5) is 5.15. The van der Waals surface area contributed by atoms with Crippen LogP contribution in [0.15, 0.2) is 27.4 Å². The summed E-state index contributed by atoms with van der Waals surface area (Å²) in [7, 11) is 1.80. The summed E-state index contributed by atoms with van der Waals surface area (Å²) in [5, 5.41) is 2.97. The van der Waals surface area contributed by atoms with E-state index >= 15 is 0 Å². The third-order valence-corrected chi connectivity index (χ3v) is 4.08. The minimum Gasteiger partial charge on any atom is -0.316 e. The average molecular weight is 269 g/mol. The van der Waals surface area contributed by atoms with Gasteiger partial charge in [0.1, 0.15) is 11.6 Å². The summed E-state index contributed by atoms with van der Waals surface area (Å²) in [6.07, 6.45) is 0. The molecule has 0 saturated carbocycles. The molecule has 1 aromatic heterocycles. The SMILES string of the molecule is CNCc1c(F)cccc1Sc1nc(C)ns1. The number of benzene rings is 1. The second kappa shape index (κ2) is 5.57. The zero-order valence-corrected chi connectivity index (χ0v) is 11.2. The lowest BCUT2D eigenvalue weighted by Crippen LogP contribution is -2.08. The van der Waals surface area contributed by atoms with Crippen molar-refractivity contribution in [2.45, 2.75) is 22.7 Å². The van der Waals surface area contributed by atoms with E-state index in [1.54, 1.807) is 13.1 Å². The first kappa shape index (κ1) is 12.5. The van der Waals surface area contributed by atoms with E-state index in [0.717, 1.165) is 15.1 Å². The van der Waals surface area contributed by atoms with Gasteiger partial charge in [0, 0.05) is 17.0 Å². The van der Waals surface area contributed by atoms with Gasteiger partial charge in [-0.3, -0.25) is 0 Å². The van der Waals surface area contributed by atoms with Crippen molar-refractivity contribution in [3.05, 3.63) is 35.4 Å². The molecule has 0 bridgehead atoms. The molecule has 1 aromatic carbocycles. The van der Waals surface area contributed by atoms with E-state index in [1.807, 2.05) is 13.0 Å². The van der Waals surface area contributed by atoms with Crippen molar-refractivity contribution in [2.24, 2.45) is 0 Å². The Morgan fingerprint density at radius 1 is 1.47 bits per heavy atom. The predicted molar refractivity (Wildman–Crippen MR) is 67.9 cm³/mol. The van der Waals surface area contributed by atoms with Crippen LogP contribution in [-0.2, 0) is 6.54 Å². The highest BCUT2D eigenvalue weighted by molar-refractivity contribution is 8.01. The first-order valence-electron chi connectivity index (χ1n) is 5.11. The van der Waals surface area contributed by atoms with Gasteiger partial charge in [-0.15, -0.1) is 0 Å². The molecule has 17 heavy (non-hydrogen) atoms. The summed E-state index contributed by atoms with van der Waals surface area (Å²) in [5.74, 6) is 0.564. The maximum Gasteiger partial charge on any atom is 0.174 e. The first-order valence-corrected chi connectivity index (χ1v) is 6.70. The summed E-state index contributed by atoms with van der Waals surface area (Å²) < 4.78 is 18.6. The van der Waals surface area contributed by atoms with Gasteiger partial charge < -0.3 is 5.32 Å². The fraction of sp³-hybridized carbons (Fsp3) is 0.273. The largest absolute Gasteiger partial charge is 0.316 e. The predicted octanol–water partition coefficient (Wildman–Crippen LogP) is 2.86. The van der Waals surface area contributed by atoms with Crippen molar-refractivity contribution >= 4 is 23.3 Å². The van der Waals surface area contributed by atoms with Gasteiger partial charge >= 0.3 is 0 Å². The number of aromatic nitrogens is 2. The molecule has 0 radical (unpaired) electrons. The van der Waals surface area contributed by atoms with Crippen LogP contribution in [0, 0.1) is 12.7 Å². The van der Waals surface area contributed by atoms with Gasteiger partial charge in [-0.25, -0.2) is 9.37 Å². The highest BCUT2D eigenvalue weighted by Crippen LogP contribution is 2.32. The van der Waals surface area contributed by atoms with Crippen LogP contribution in [-0.4, -0.2) is 16.4 Å². The van der Waals surface area contributed by atoms with Gasteiger partial charge in [0.2, 0.25) is 0 Å². The van der Waals surface area contributed by atoms with Crippen LogP contribution in [0.4, 0.5) is 4.39 Å². The van der Waals surface area contributed by atoms with Gasteiger partial charge in [0.25, 0.3) is 0 Å². The molecule has 1 heterocycles. The highest BCUT2D eigenvalue weighted by atomic mass is 32.2. The first-order chi connectivity index (χ1) is 8.20. The molecule has 3 nitrogen and oxygen atoms in total. The van der Waals surface area contributed by atoms with Crippen molar-refractivity contribution in [1.29, 1.82) is 0 Å². The molecule has 2 aromatic rings. The number of halogens is 1. The maximum absolute atomic E-state index is 13.7.